The first kappa shape index (κ1) is 20.3. The van der Waals surface area contributed by atoms with Crippen molar-refractivity contribution in [2.24, 2.45) is 0 Å². The highest BCUT2D eigenvalue weighted by atomic mass is 15.4. The molecule has 0 unspecified atom stereocenters. The number of anilines is 3. The Balaban J connectivity index is 1.59. The topological polar surface area (TPSA) is 100 Å². The number of nitrogen functional groups attached to an aromatic ring is 1. The van der Waals surface area contributed by atoms with E-state index in [9.17, 15) is 0 Å². The van der Waals surface area contributed by atoms with E-state index in [0.717, 1.165) is 62.6 Å². The second-order valence-electron chi connectivity index (χ2n) is 7.95. The predicted octanol–water partition coefficient (Wildman–Crippen LogP) is 1.65. The SMILES string of the molecule is CCCCN(C)c1nc(N)c2ncc(Cc3cnc(N4CCNCC4)c(C)c3)n2n1. The monoisotopic (exact) mass is 409 g/mol. The largest absolute Gasteiger partial charge is 0.380 e. The van der Waals surface area contributed by atoms with E-state index in [2.05, 4.69) is 40.1 Å². The molecule has 1 aliphatic heterocycles. The molecule has 0 spiro atoms. The summed E-state index contributed by atoms with van der Waals surface area (Å²) < 4.78 is 1.82. The third-order valence-corrected chi connectivity index (χ3v) is 5.55. The van der Waals surface area contributed by atoms with Crippen LogP contribution in [0.25, 0.3) is 5.65 Å². The summed E-state index contributed by atoms with van der Waals surface area (Å²) in [5.41, 5.74) is 10.1. The Labute approximate surface area is 177 Å². The van der Waals surface area contributed by atoms with Crippen LogP contribution in [0, 0.1) is 6.92 Å². The molecule has 30 heavy (non-hydrogen) atoms. The number of pyridine rings is 1. The number of rotatable bonds is 7. The number of nitrogens with two attached hydrogens (primary N) is 1. The number of hydrogen-bond acceptors (Lipinski definition) is 8. The number of aromatic nitrogens is 5. The maximum absolute atomic E-state index is 6.17. The first-order valence-corrected chi connectivity index (χ1v) is 10.7. The van der Waals surface area contributed by atoms with Crippen LogP contribution >= 0.6 is 0 Å². The minimum atomic E-state index is 0.401. The molecule has 4 rings (SSSR count). The first-order valence-electron chi connectivity index (χ1n) is 10.7. The molecule has 1 fully saturated rings. The summed E-state index contributed by atoms with van der Waals surface area (Å²) in [6.45, 7) is 9.17. The average Bonchev–Trinajstić information content (AvgIpc) is 3.16. The summed E-state index contributed by atoms with van der Waals surface area (Å²) in [5.74, 6) is 2.10. The van der Waals surface area contributed by atoms with E-state index in [0.29, 0.717) is 23.8 Å². The van der Waals surface area contributed by atoms with Gasteiger partial charge in [0.15, 0.2) is 11.5 Å². The second kappa shape index (κ2) is 8.83. The molecule has 4 heterocycles. The Morgan fingerprint density at radius 3 is 2.73 bits per heavy atom. The normalized spacial score (nSPS) is 14.4. The lowest BCUT2D eigenvalue weighted by Crippen LogP contribution is -2.44. The van der Waals surface area contributed by atoms with E-state index < -0.39 is 0 Å². The summed E-state index contributed by atoms with van der Waals surface area (Å²) in [7, 11) is 2.00. The fourth-order valence-corrected chi connectivity index (χ4v) is 3.85. The minimum absolute atomic E-state index is 0.401. The van der Waals surface area contributed by atoms with E-state index in [-0.39, 0.29) is 0 Å². The Morgan fingerprint density at radius 2 is 2.00 bits per heavy atom. The van der Waals surface area contributed by atoms with Crippen molar-refractivity contribution in [3.8, 4) is 0 Å². The number of piperazine rings is 1. The highest BCUT2D eigenvalue weighted by molar-refractivity contribution is 5.61. The molecule has 0 bridgehead atoms. The molecule has 3 aromatic rings. The molecule has 3 N–H and O–H groups in total. The fraction of sp³-hybridized carbons (Fsp3) is 0.524. The lowest BCUT2D eigenvalue weighted by molar-refractivity contribution is 0.584. The van der Waals surface area contributed by atoms with Crippen LogP contribution in [-0.2, 0) is 6.42 Å². The van der Waals surface area contributed by atoms with Gasteiger partial charge in [-0.1, -0.05) is 19.4 Å². The van der Waals surface area contributed by atoms with Gasteiger partial charge in [-0.2, -0.15) is 4.98 Å². The number of nitrogens with one attached hydrogen (secondary N) is 1. The third-order valence-electron chi connectivity index (χ3n) is 5.55. The van der Waals surface area contributed by atoms with Gasteiger partial charge < -0.3 is 20.9 Å². The van der Waals surface area contributed by atoms with Gasteiger partial charge in [-0.15, -0.1) is 5.10 Å². The quantitative estimate of drug-likeness (QED) is 0.608. The maximum atomic E-state index is 6.17. The molecule has 9 heteroatoms. The molecule has 0 aliphatic carbocycles. The number of imidazole rings is 1. The molecule has 9 nitrogen and oxygen atoms in total. The number of unbranched alkanes of at least 4 members (excludes halogenated alkanes) is 1. The van der Waals surface area contributed by atoms with E-state index in [1.54, 1.807) is 0 Å². The van der Waals surface area contributed by atoms with Gasteiger partial charge in [0, 0.05) is 52.4 Å². The zero-order valence-electron chi connectivity index (χ0n) is 18.1. The van der Waals surface area contributed by atoms with Crippen molar-refractivity contribution >= 4 is 23.2 Å². The van der Waals surface area contributed by atoms with Crippen molar-refractivity contribution in [1.82, 2.24) is 29.9 Å². The molecule has 0 saturated carbocycles. The highest BCUT2D eigenvalue weighted by Gasteiger charge is 2.16. The lowest BCUT2D eigenvalue weighted by Gasteiger charge is -2.29. The summed E-state index contributed by atoms with van der Waals surface area (Å²) in [4.78, 5) is 18.0. The van der Waals surface area contributed by atoms with E-state index in [1.165, 1.54) is 5.56 Å². The summed E-state index contributed by atoms with van der Waals surface area (Å²) in [5, 5.41) is 8.10. The number of fused-ring (bicyclic) bond motifs is 1. The molecule has 160 valence electrons. The molecule has 1 saturated heterocycles. The molecule has 0 amide bonds. The van der Waals surface area contributed by atoms with Gasteiger partial charge >= 0.3 is 0 Å². The van der Waals surface area contributed by atoms with Crippen molar-refractivity contribution in [3.63, 3.8) is 0 Å². The highest BCUT2D eigenvalue weighted by Crippen LogP contribution is 2.21. The zero-order valence-corrected chi connectivity index (χ0v) is 18.1. The van der Waals surface area contributed by atoms with Crippen LogP contribution in [0.5, 0.6) is 0 Å². The standard InChI is InChI=1S/C21H31N9/c1-4-5-8-28(3)21-26-18(22)20-25-14-17(30(20)27-21)12-16-11-15(2)19(24-13-16)29-9-6-23-7-10-29/h11,13-14,23H,4-10,12H2,1-3H3,(H2,22,26,27). The Bertz CT molecular complexity index is 1010. The van der Waals surface area contributed by atoms with Gasteiger partial charge in [-0.05, 0) is 24.5 Å². The third kappa shape index (κ3) is 4.16. The Kier molecular flexibility index (Phi) is 5.98. The van der Waals surface area contributed by atoms with Crippen LogP contribution in [0.1, 0.15) is 36.6 Å². The minimum Gasteiger partial charge on any atom is -0.380 e. The molecular formula is C21H31N9. The van der Waals surface area contributed by atoms with Crippen LogP contribution in [0.4, 0.5) is 17.6 Å². The number of aryl methyl sites for hydroxylation is 1. The van der Waals surface area contributed by atoms with Crippen molar-refractivity contribution in [3.05, 3.63) is 35.3 Å². The van der Waals surface area contributed by atoms with Crippen molar-refractivity contribution in [2.75, 3.05) is 55.3 Å². The van der Waals surface area contributed by atoms with Crippen LogP contribution < -0.4 is 20.9 Å². The Hall–Kier alpha value is -2.94. The molecule has 0 atom stereocenters. The van der Waals surface area contributed by atoms with Crippen LogP contribution in [0.2, 0.25) is 0 Å². The molecule has 0 aromatic carbocycles. The van der Waals surface area contributed by atoms with Gasteiger partial charge in [0.1, 0.15) is 5.82 Å². The van der Waals surface area contributed by atoms with Crippen molar-refractivity contribution in [2.45, 2.75) is 33.1 Å². The number of nitrogens with zero attached hydrogens (tertiary/aromatic N) is 7. The van der Waals surface area contributed by atoms with E-state index in [1.807, 2.05) is 28.9 Å². The summed E-state index contributed by atoms with van der Waals surface area (Å²) in [6, 6.07) is 2.21. The van der Waals surface area contributed by atoms with Gasteiger partial charge in [-0.25, -0.2) is 14.5 Å². The summed E-state index contributed by atoms with van der Waals surface area (Å²) in [6.07, 6.45) is 6.68. The smallest absolute Gasteiger partial charge is 0.245 e. The van der Waals surface area contributed by atoms with Gasteiger partial charge in [-0.3, -0.25) is 0 Å². The van der Waals surface area contributed by atoms with Crippen LogP contribution in [-0.4, -0.2) is 64.3 Å². The van der Waals surface area contributed by atoms with Crippen molar-refractivity contribution < 1.29 is 0 Å². The van der Waals surface area contributed by atoms with Crippen molar-refractivity contribution in [1.29, 1.82) is 0 Å². The maximum Gasteiger partial charge on any atom is 0.245 e. The zero-order chi connectivity index (χ0) is 21.1. The summed E-state index contributed by atoms with van der Waals surface area (Å²) >= 11 is 0. The van der Waals surface area contributed by atoms with Gasteiger partial charge in [0.2, 0.25) is 5.95 Å². The number of hydrogen-bond donors (Lipinski definition) is 2. The molecular weight excluding hydrogens is 378 g/mol. The van der Waals surface area contributed by atoms with Crippen LogP contribution in [0.3, 0.4) is 0 Å². The lowest BCUT2D eigenvalue weighted by atomic mass is 10.1. The average molecular weight is 410 g/mol. The molecule has 3 aromatic heterocycles. The van der Waals surface area contributed by atoms with Gasteiger partial charge in [0.05, 0.1) is 11.9 Å². The molecule has 1 aliphatic rings. The predicted molar refractivity (Wildman–Crippen MR) is 120 cm³/mol. The fourth-order valence-electron chi connectivity index (χ4n) is 3.85. The van der Waals surface area contributed by atoms with Gasteiger partial charge in [0.25, 0.3) is 0 Å². The second-order valence-corrected chi connectivity index (χ2v) is 7.95. The van der Waals surface area contributed by atoms with E-state index >= 15 is 0 Å². The molecule has 0 radical (unpaired) electrons. The van der Waals surface area contributed by atoms with E-state index in [4.69, 9.17) is 15.8 Å². The van der Waals surface area contributed by atoms with Crippen LogP contribution in [0.15, 0.2) is 18.5 Å². The Morgan fingerprint density at radius 1 is 1.20 bits per heavy atom. The first-order chi connectivity index (χ1) is 14.6.